The molecule has 1 N–H and O–H groups in total. The van der Waals surface area contributed by atoms with Crippen LogP contribution < -0.4 is 5.32 Å². The maximum atomic E-state index is 12.3. The van der Waals surface area contributed by atoms with Gasteiger partial charge in [-0.3, -0.25) is 14.5 Å². The van der Waals surface area contributed by atoms with Crippen molar-refractivity contribution in [3.05, 3.63) is 36.4 Å². The van der Waals surface area contributed by atoms with Crippen LogP contribution in [0.2, 0.25) is 0 Å². The lowest BCUT2D eigenvalue weighted by Crippen LogP contribution is -2.75. The molecule has 1 aromatic carbocycles. The van der Waals surface area contributed by atoms with E-state index in [-0.39, 0.29) is 23.6 Å². The van der Waals surface area contributed by atoms with E-state index in [9.17, 15) is 14.4 Å². The number of ether oxygens (including phenoxy) is 1. The number of amides is 2. The summed E-state index contributed by atoms with van der Waals surface area (Å²) < 4.78 is 4.22. The number of β-lactam (4-membered cyclic amide) rings is 1. The minimum atomic E-state index is -1.40. The van der Waals surface area contributed by atoms with Gasteiger partial charge in [0.05, 0.1) is 23.7 Å². The molecule has 3 rings (SSSR count). The smallest absolute Gasteiger partial charge is 0.354 e. The molecule has 7 heteroatoms. The summed E-state index contributed by atoms with van der Waals surface area (Å²) in [6.45, 7) is 5.39. The molecule has 0 aliphatic carbocycles. The monoisotopic (exact) mass is 364 g/mol. The Kier molecular flexibility index (Phi) is 5.77. The summed E-state index contributed by atoms with van der Waals surface area (Å²) in [7, 11) is 1.26. The average molecular weight is 364 g/mol. The van der Waals surface area contributed by atoms with E-state index in [1.54, 1.807) is 6.92 Å². The van der Waals surface area contributed by atoms with Crippen LogP contribution in [0.15, 0.2) is 36.4 Å². The minimum absolute atomic E-state index is 0.0706. The fourth-order valence-electron chi connectivity index (χ4n) is 3.03. The number of methoxy groups -OCH3 is 1. The van der Waals surface area contributed by atoms with Crippen LogP contribution in [0.25, 0.3) is 0 Å². The molecule has 1 unspecified atom stereocenters. The first-order valence-corrected chi connectivity index (χ1v) is 9.07. The van der Waals surface area contributed by atoms with E-state index in [0.29, 0.717) is 6.42 Å². The zero-order chi connectivity index (χ0) is 18.7. The van der Waals surface area contributed by atoms with Gasteiger partial charge < -0.3 is 10.1 Å². The Morgan fingerprint density at radius 2 is 1.76 bits per heavy atom. The van der Waals surface area contributed by atoms with Crippen molar-refractivity contribution >= 4 is 29.5 Å². The van der Waals surface area contributed by atoms with Crippen molar-refractivity contribution < 1.29 is 19.1 Å². The minimum Gasteiger partial charge on any atom is -0.466 e. The van der Waals surface area contributed by atoms with E-state index in [1.807, 2.05) is 50.2 Å². The van der Waals surface area contributed by atoms with Crippen LogP contribution in [0, 0.1) is 0 Å². The van der Waals surface area contributed by atoms with Crippen molar-refractivity contribution in [2.45, 2.75) is 49.4 Å². The summed E-state index contributed by atoms with van der Waals surface area (Å²) in [6, 6.07) is 12.0. The molecular formula is C18H24N2O4S. The molecule has 0 saturated carbocycles. The topological polar surface area (TPSA) is 75.7 Å². The van der Waals surface area contributed by atoms with Crippen LogP contribution in [0.5, 0.6) is 0 Å². The summed E-state index contributed by atoms with van der Waals surface area (Å²) in [4.78, 5) is 37.4. The molecule has 1 aromatic rings. The van der Waals surface area contributed by atoms with Gasteiger partial charge in [0.15, 0.2) is 0 Å². The van der Waals surface area contributed by atoms with Gasteiger partial charge in [0.2, 0.25) is 17.5 Å². The number of thioether (sulfide) groups is 1. The number of nitrogens with one attached hydrogen (secondary N) is 1. The number of esters is 1. The van der Waals surface area contributed by atoms with Gasteiger partial charge in [-0.05, 0) is 13.8 Å². The molecule has 2 amide bonds. The Morgan fingerprint density at radius 1 is 1.24 bits per heavy atom. The molecular weight excluding hydrogens is 340 g/mol. The average Bonchev–Trinajstić information content (AvgIpc) is 2.79. The lowest BCUT2D eigenvalue weighted by molar-refractivity contribution is -0.175. The van der Waals surface area contributed by atoms with Crippen LogP contribution in [-0.2, 0) is 19.1 Å². The van der Waals surface area contributed by atoms with Gasteiger partial charge in [0.1, 0.15) is 0 Å². The molecule has 0 aromatic heterocycles. The predicted molar refractivity (Wildman–Crippen MR) is 96.5 cm³/mol. The van der Waals surface area contributed by atoms with Gasteiger partial charge in [-0.1, -0.05) is 43.3 Å². The third kappa shape index (κ3) is 3.38. The fourth-order valence-corrected chi connectivity index (χ4v) is 4.72. The Morgan fingerprint density at radius 3 is 2.16 bits per heavy atom. The second kappa shape index (κ2) is 7.47. The van der Waals surface area contributed by atoms with E-state index < -0.39 is 16.4 Å². The lowest BCUT2D eigenvalue weighted by atomic mass is 9.89. The number of hydrogen-bond donors (Lipinski definition) is 1. The molecule has 2 heterocycles. The number of fused-ring (bicyclic) bond motifs is 1. The Hall–Kier alpha value is -2.02. The summed E-state index contributed by atoms with van der Waals surface area (Å²) in [5, 5.41) is 2.65. The highest BCUT2D eigenvalue weighted by molar-refractivity contribution is 8.01. The third-order valence-corrected chi connectivity index (χ3v) is 5.89. The summed E-state index contributed by atoms with van der Waals surface area (Å²) in [6.07, 6.45) is 0.640. The maximum absolute atomic E-state index is 12.3. The zero-order valence-corrected chi connectivity index (χ0v) is 15.8. The molecule has 2 saturated heterocycles. The van der Waals surface area contributed by atoms with Crippen molar-refractivity contribution in [1.82, 2.24) is 10.2 Å². The highest BCUT2D eigenvalue weighted by Crippen LogP contribution is 2.55. The molecule has 2 atom stereocenters. The van der Waals surface area contributed by atoms with Crippen LogP contribution in [0.1, 0.15) is 33.6 Å². The second-order valence-corrected chi connectivity index (χ2v) is 8.11. The maximum Gasteiger partial charge on any atom is 0.354 e. The standard InChI is InChI=1S/C12H18N2O4S.C6H6/c1-5-7(15)13-12(10(17)18-4)11(2,3)19-9-6-8(16)14(9)12;1-2-4-6-5-3-1/h9H,5-6H2,1-4H3,(H,13,15);1-6H/t9-,12?;/m1./s1. The Balaban J connectivity index is 0.000000316. The van der Waals surface area contributed by atoms with Crippen LogP contribution in [-0.4, -0.2) is 45.6 Å². The largest absolute Gasteiger partial charge is 0.466 e. The summed E-state index contributed by atoms with van der Waals surface area (Å²) in [5.74, 6) is -1.01. The van der Waals surface area contributed by atoms with E-state index in [0.717, 1.165) is 0 Å². The fraction of sp³-hybridized carbons (Fsp3) is 0.500. The van der Waals surface area contributed by atoms with Gasteiger partial charge in [0.25, 0.3) is 0 Å². The molecule has 6 nitrogen and oxygen atoms in total. The number of rotatable bonds is 3. The molecule has 2 fully saturated rings. The van der Waals surface area contributed by atoms with Gasteiger partial charge in [0, 0.05) is 6.42 Å². The van der Waals surface area contributed by atoms with Crippen LogP contribution in [0.3, 0.4) is 0 Å². The van der Waals surface area contributed by atoms with E-state index in [4.69, 9.17) is 4.74 Å². The van der Waals surface area contributed by atoms with Crippen LogP contribution in [0.4, 0.5) is 0 Å². The molecule has 136 valence electrons. The number of nitrogens with zero attached hydrogens (tertiary/aromatic N) is 1. The molecule has 2 aliphatic rings. The van der Waals surface area contributed by atoms with E-state index in [1.165, 1.54) is 23.8 Å². The molecule has 2 aliphatic heterocycles. The molecule has 0 bridgehead atoms. The van der Waals surface area contributed by atoms with Gasteiger partial charge in [-0.2, -0.15) is 0 Å². The summed E-state index contributed by atoms with van der Waals surface area (Å²) in [5.41, 5.74) is -1.40. The van der Waals surface area contributed by atoms with E-state index in [2.05, 4.69) is 5.32 Å². The van der Waals surface area contributed by atoms with Crippen LogP contribution >= 0.6 is 11.8 Å². The first-order chi connectivity index (χ1) is 11.8. The normalized spacial score (nSPS) is 25.8. The Labute approximate surface area is 152 Å². The molecule has 0 radical (unpaired) electrons. The Bertz CT molecular complexity index is 623. The summed E-state index contributed by atoms with van der Waals surface area (Å²) >= 11 is 1.51. The number of hydrogen-bond acceptors (Lipinski definition) is 5. The van der Waals surface area contributed by atoms with Crippen molar-refractivity contribution in [2.24, 2.45) is 0 Å². The highest BCUT2D eigenvalue weighted by Gasteiger charge is 2.70. The van der Waals surface area contributed by atoms with E-state index >= 15 is 0 Å². The van der Waals surface area contributed by atoms with Gasteiger partial charge in [-0.25, -0.2) is 4.79 Å². The first kappa shape index (κ1) is 19.3. The number of benzene rings is 1. The van der Waals surface area contributed by atoms with Crippen molar-refractivity contribution in [2.75, 3.05) is 7.11 Å². The quantitative estimate of drug-likeness (QED) is 0.657. The lowest BCUT2D eigenvalue weighted by Gasteiger charge is -2.47. The second-order valence-electron chi connectivity index (χ2n) is 6.31. The van der Waals surface area contributed by atoms with Crippen molar-refractivity contribution in [1.29, 1.82) is 0 Å². The molecule has 25 heavy (non-hydrogen) atoms. The van der Waals surface area contributed by atoms with Crippen molar-refractivity contribution in [3.8, 4) is 0 Å². The number of carbonyl (C=O) groups excluding carboxylic acids is 3. The first-order valence-electron chi connectivity index (χ1n) is 8.19. The highest BCUT2D eigenvalue weighted by atomic mass is 32.2. The molecule has 0 spiro atoms. The number of carbonyl (C=O) groups is 3. The SMILES string of the molecule is CCC(=O)NC1(C(=O)OC)N2C(=O)C[C@H]2SC1(C)C.c1ccccc1. The third-order valence-electron chi connectivity index (χ3n) is 4.36. The van der Waals surface area contributed by atoms with Gasteiger partial charge >= 0.3 is 5.97 Å². The van der Waals surface area contributed by atoms with Crippen molar-refractivity contribution in [3.63, 3.8) is 0 Å². The predicted octanol–water partition coefficient (Wildman–Crippen LogP) is 2.15. The van der Waals surface area contributed by atoms with Gasteiger partial charge in [-0.15, -0.1) is 11.8 Å². The zero-order valence-electron chi connectivity index (χ0n) is 14.9.